The van der Waals surface area contributed by atoms with E-state index in [4.69, 9.17) is 9.47 Å². The summed E-state index contributed by atoms with van der Waals surface area (Å²) < 4.78 is 11.5. The van der Waals surface area contributed by atoms with Gasteiger partial charge in [-0.15, -0.1) is 24.0 Å². The molecule has 0 saturated carbocycles. The fraction of sp³-hybridized carbons (Fsp3) is 0.720. The number of ether oxygens (including phenoxy) is 2. The molecule has 188 valence electrons. The first-order valence-electron chi connectivity index (χ1n) is 12.2. The van der Waals surface area contributed by atoms with Gasteiger partial charge in [-0.25, -0.2) is 0 Å². The third kappa shape index (κ3) is 8.88. The molecule has 2 saturated heterocycles. The molecule has 0 bridgehead atoms. The molecule has 2 fully saturated rings. The van der Waals surface area contributed by atoms with Crippen LogP contribution in [-0.4, -0.2) is 87.4 Å². The summed E-state index contributed by atoms with van der Waals surface area (Å²) in [6.45, 7) is 13.1. The van der Waals surface area contributed by atoms with Gasteiger partial charge in [0.05, 0.1) is 0 Å². The second kappa shape index (κ2) is 14.3. The lowest BCUT2D eigenvalue weighted by molar-refractivity contribution is 0.0392. The molecule has 0 aliphatic carbocycles. The molecule has 7 nitrogen and oxygen atoms in total. The second-order valence-corrected chi connectivity index (χ2v) is 9.52. The summed E-state index contributed by atoms with van der Waals surface area (Å²) in [5, 5.41) is 7.08. The van der Waals surface area contributed by atoms with Crippen molar-refractivity contribution < 1.29 is 9.47 Å². The van der Waals surface area contributed by atoms with Gasteiger partial charge in [-0.2, -0.15) is 0 Å². The zero-order chi connectivity index (χ0) is 22.9. The minimum Gasteiger partial charge on any atom is -0.492 e. The molecule has 2 unspecified atom stereocenters. The van der Waals surface area contributed by atoms with E-state index in [1.54, 1.807) is 0 Å². The highest BCUT2D eigenvalue weighted by atomic mass is 127. The van der Waals surface area contributed by atoms with E-state index in [1.165, 1.54) is 5.56 Å². The van der Waals surface area contributed by atoms with Gasteiger partial charge in [0.25, 0.3) is 0 Å². The Morgan fingerprint density at radius 3 is 2.70 bits per heavy atom. The van der Waals surface area contributed by atoms with Crippen LogP contribution in [0.5, 0.6) is 5.75 Å². The molecule has 0 radical (unpaired) electrons. The molecule has 1 aromatic carbocycles. The van der Waals surface area contributed by atoms with E-state index in [1.807, 2.05) is 13.1 Å². The summed E-state index contributed by atoms with van der Waals surface area (Å²) in [6.07, 6.45) is 2.23. The maximum Gasteiger partial charge on any atom is 0.191 e. The van der Waals surface area contributed by atoms with Crippen molar-refractivity contribution in [2.45, 2.75) is 58.3 Å². The molecule has 0 aromatic heterocycles. The fourth-order valence-electron chi connectivity index (χ4n) is 4.53. The zero-order valence-corrected chi connectivity index (χ0v) is 23.4. The van der Waals surface area contributed by atoms with E-state index in [9.17, 15) is 0 Å². The molecule has 2 aliphatic rings. The monoisotopic (exact) mass is 573 g/mol. The van der Waals surface area contributed by atoms with Crippen LogP contribution in [-0.2, 0) is 11.3 Å². The molecular weight excluding hydrogens is 529 g/mol. The number of nitrogens with one attached hydrogen (secondary N) is 2. The molecule has 2 heterocycles. The molecule has 2 atom stereocenters. The van der Waals surface area contributed by atoms with E-state index in [0.29, 0.717) is 37.2 Å². The van der Waals surface area contributed by atoms with Crippen LogP contribution in [0.4, 0.5) is 0 Å². The predicted molar refractivity (Wildman–Crippen MR) is 147 cm³/mol. The van der Waals surface area contributed by atoms with E-state index in [-0.39, 0.29) is 24.0 Å². The highest BCUT2D eigenvalue weighted by molar-refractivity contribution is 14.0. The van der Waals surface area contributed by atoms with Gasteiger partial charge in [0.2, 0.25) is 0 Å². The van der Waals surface area contributed by atoms with Crippen LogP contribution in [0.1, 0.15) is 39.2 Å². The minimum atomic E-state index is 0. The molecule has 2 aliphatic heterocycles. The second-order valence-electron chi connectivity index (χ2n) is 9.52. The van der Waals surface area contributed by atoms with Crippen molar-refractivity contribution in [2.75, 3.05) is 53.6 Å². The third-order valence-electron chi connectivity index (χ3n) is 6.80. The number of benzene rings is 1. The summed E-state index contributed by atoms with van der Waals surface area (Å²) in [4.78, 5) is 9.36. The van der Waals surface area contributed by atoms with Gasteiger partial charge in [0.15, 0.2) is 5.96 Å². The zero-order valence-electron chi connectivity index (χ0n) is 21.0. The van der Waals surface area contributed by atoms with Gasteiger partial charge < -0.3 is 20.1 Å². The van der Waals surface area contributed by atoms with Crippen molar-refractivity contribution in [1.29, 1.82) is 0 Å². The Labute approximate surface area is 217 Å². The maximum absolute atomic E-state index is 6.05. The number of aliphatic imine (C=N–C) groups is 1. The third-order valence-corrected chi connectivity index (χ3v) is 6.80. The first kappa shape index (κ1) is 28.1. The number of hydrogen-bond acceptors (Lipinski definition) is 5. The number of hydrogen-bond donors (Lipinski definition) is 2. The van der Waals surface area contributed by atoms with Crippen molar-refractivity contribution in [3.05, 3.63) is 29.8 Å². The Morgan fingerprint density at radius 2 is 2.03 bits per heavy atom. The summed E-state index contributed by atoms with van der Waals surface area (Å²) in [7, 11) is 4.02. The number of likely N-dealkylation sites (N-methyl/N-ethyl adjacent to an activating group) is 1. The molecule has 1 aromatic rings. The Morgan fingerprint density at radius 1 is 1.27 bits per heavy atom. The van der Waals surface area contributed by atoms with Crippen molar-refractivity contribution in [3.63, 3.8) is 0 Å². The number of nitrogens with zero attached hydrogens (tertiary/aromatic N) is 3. The van der Waals surface area contributed by atoms with Crippen molar-refractivity contribution >= 4 is 29.9 Å². The first-order valence-corrected chi connectivity index (χ1v) is 12.2. The predicted octanol–water partition coefficient (Wildman–Crippen LogP) is 3.19. The Bertz CT molecular complexity index is 727. The largest absolute Gasteiger partial charge is 0.492 e. The average molecular weight is 574 g/mol. The Balaban J connectivity index is 0.00000385. The van der Waals surface area contributed by atoms with E-state index in [0.717, 1.165) is 57.4 Å². The van der Waals surface area contributed by atoms with Crippen LogP contribution in [0.3, 0.4) is 0 Å². The highest BCUT2D eigenvalue weighted by Gasteiger charge is 2.31. The minimum absolute atomic E-state index is 0. The lowest BCUT2D eigenvalue weighted by Crippen LogP contribution is -2.46. The van der Waals surface area contributed by atoms with Crippen molar-refractivity contribution in [3.8, 4) is 5.75 Å². The van der Waals surface area contributed by atoms with Crippen LogP contribution in [0.15, 0.2) is 29.3 Å². The number of halogens is 1. The lowest BCUT2D eigenvalue weighted by atomic mass is 10.1. The van der Waals surface area contributed by atoms with E-state index in [2.05, 4.69) is 71.4 Å². The van der Waals surface area contributed by atoms with E-state index < -0.39 is 0 Å². The molecule has 33 heavy (non-hydrogen) atoms. The van der Waals surface area contributed by atoms with Gasteiger partial charge >= 0.3 is 0 Å². The van der Waals surface area contributed by atoms with Crippen LogP contribution in [0.2, 0.25) is 0 Å². The Hall–Kier alpha value is -1.10. The number of rotatable bonds is 9. The van der Waals surface area contributed by atoms with Gasteiger partial charge in [-0.3, -0.25) is 14.8 Å². The van der Waals surface area contributed by atoms with Crippen LogP contribution in [0, 0.1) is 5.92 Å². The van der Waals surface area contributed by atoms with Crippen LogP contribution in [0.25, 0.3) is 0 Å². The van der Waals surface area contributed by atoms with Crippen LogP contribution < -0.4 is 15.4 Å². The van der Waals surface area contributed by atoms with Gasteiger partial charge in [0.1, 0.15) is 12.4 Å². The van der Waals surface area contributed by atoms with Crippen molar-refractivity contribution in [2.24, 2.45) is 10.9 Å². The fourth-order valence-corrected chi connectivity index (χ4v) is 4.53. The quantitative estimate of drug-likeness (QED) is 0.269. The number of guanidine groups is 1. The molecule has 3 rings (SSSR count). The van der Waals surface area contributed by atoms with E-state index >= 15 is 0 Å². The van der Waals surface area contributed by atoms with Crippen molar-refractivity contribution in [1.82, 2.24) is 20.4 Å². The summed E-state index contributed by atoms with van der Waals surface area (Å²) >= 11 is 0. The number of likely N-dealkylation sites (tertiary alicyclic amines) is 1. The molecule has 8 heteroatoms. The lowest BCUT2D eigenvalue weighted by Gasteiger charge is -2.31. The molecule has 0 spiro atoms. The molecular formula is C25H44IN5O2. The highest BCUT2D eigenvalue weighted by Crippen LogP contribution is 2.19. The standard InChI is InChI=1S/C25H43N5O2.HI/c1-19(2)30-17-20(3)24(18-30)28-25(26-4)27-16-21-7-6-8-23(15-21)32-14-11-29(5)22-9-12-31-13-10-22;/h6-8,15,19-20,22,24H,9-14,16-18H2,1-5H3,(H2,26,27,28);1H. The summed E-state index contributed by atoms with van der Waals surface area (Å²) in [5.41, 5.74) is 1.19. The summed E-state index contributed by atoms with van der Waals surface area (Å²) in [6, 6.07) is 9.95. The topological polar surface area (TPSA) is 61.4 Å². The smallest absolute Gasteiger partial charge is 0.191 e. The summed E-state index contributed by atoms with van der Waals surface area (Å²) in [5.74, 6) is 2.38. The SMILES string of the molecule is CN=C(NCc1cccc(OCCN(C)C2CCOCC2)c1)NC1CN(C(C)C)CC1C.I. The van der Waals surface area contributed by atoms with Crippen LogP contribution >= 0.6 is 24.0 Å². The van der Waals surface area contributed by atoms with Gasteiger partial charge in [0, 0.05) is 64.6 Å². The Kier molecular flexibility index (Phi) is 12.2. The maximum atomic E-state index is 6.05. The van der Waals surface area contributed by atoms with Gasteiger partial charge in [-0.05, 0) is 57.4 Å². The average Bonchev–Trinajstić information content (AvgIpc) is 3.18. The molecule has 0 amide bonds. The van der Waals surface area contributed by atoms with Gasteiger partial charge in [-0.1, -0.05) is 19.1 Å². The first-order chi connectivity index (χ1) is 15.5. The molecule has 2 N–H and O–H groups in total. The normalized spacial score (nSPS) is 22.5.